The maximum atomic E-state index is 14.5. The molecule has 0 radical (unpaired) electrons. The second-order valence-electron chi connectivity index (χ2n) is 10.00. The molecule has 3 aliphatic rings. The lowest BCUT2D eigenvalue weighted by Crippen LogP contribution is -2.56. The number of carbonyl (C=O) groups excluding carboxylic acids is 3. The number of aryl methyl sites for hydroxylation is 2. The van der Waals surface area contributed by atoms with E-state index in [2.05, 4.69) is 29.1 Å². The standard InChI is InChI=1S/C28H35BrN2O5S/c1-5-7-15-36-27(35)20-21-25(33)31(13-9-14-32)24(28(21)16-19(29)23(20)37-28)26(34)30(12-6-2)22-17(3)10-8-11-18(22)4/h5-6,8,10-11,19-21,23-24,32H,1-2,7,9,12-16H2,3-4H3/t19?,20-,21+,23-,24?,28?/m1/s1. The number of para-hydroxylation sites is 1. The minimum atomic E-state index is -0.767. The van der Waals surface area contributed by atoms with Crippen LogP contribution < -0.4 is 4.90 Å². The smallest absolute Gasteiger partial charge is 0.310 e. The fourth-order valence-corrected chi connectivity index (χ4v) is 9.89. The Labute approximate surface area is 231 Å². The molecule has 3 unspecified atom stereocenters. The largest absolute Gasteiger partial charge is 0.465 e. The van der Waals surface area contributed by atoms with Crippen molar-refractivity contribution in [1.29, 1.82) is 0 Å². The average Bonchev–Trinajstić information content (AvgIpc) is 3.45. The van der Waals surface area contributed by atoms with Gasteiger partial charge in [0.2, 0.25) is 5.91 Å². The minimum absolute atomic E-state index is 0.0281. The molecular weight excluding hydrogens is 556 g/mol. The maximum absolute atomic E-state index is 14.5. The number of fused-ring (bicyclic) bond motifs is 1. The van der Waals surface area contributed by atoms with Crippen LogP contribution in [0.4, 0.5) is 5.69 Å². The number of hydrogen-bond donors (Lipinski definition) is 1. The summed E-state index contributed by atoms with van der Waals surface area (Å²) in [5.41, 5.74) is 2.73. The van der Waals surface area contributed by atoms with Gasteiger partial charge in [-0.05, 0) is 44.2 Å². The quantitative estimate of drug-likeness (QED) is 0.183. The molecule has 4 rings (SSSR count). The number of likely N-dealkylation sites (tertiary alicyclic amines) is 1. The van der Waals surface area contributed by atoms with Crippen LogP contribution in [0.3, 0.4) is 0 Å². The first-order chi connectivity index (χ1) is 17.7. The number of rotatable bonds is 11. The van der Waals surface area contributed by atoms with Crippen LogP contribution in [0.1, 0.15) is 30.4 Å². The van der Waals surface area contributed by atoms with Gasteiger partial charge < -0.3 is 19.6 Å². The van der Waals surface area contributed by atoms with Crippen LogP contribution in [0.25, 0.3) is 0 Å². The Morgan fingerprint density at radius 1 is 1.30 bits per heavy atom. The third-order valence-corrected chi connectivity index (χ3v) is 10.9. The van der Waals surface area contributed by atoms with Gasteiger partial charge >= 0.3 is 5.97 Å². The number of hydrogen-bond acceptors (Lipinski definition) is 6. The highest BCUT2D eigenvalue weighted by molar-refractivity contribution is 9.09. The van der Waals surface area contributed by atoms with Crippen molar-refractivity contribution in [2.45, 2.75) is 54.0 Å². The van der Waals surface area contributed by atoms with Gasteiger partial charge in [-0.1, -0.05) is 46.3 Å². The Hall–Kier alpha value is -2.10. The molecule has 9 heteroatoms. The first-order valence-corrected chi connectivity index (χ1v) is 14.5. The number of nitrogens with zero attached hydrogens (tertiary/aromatic N) is 2. The predicted molar refractivity (Wildman–Crippen MR) is 150 cm³/mol. The number of anilines is 1. The monoisotopic (exact) mass is 590 g/mol. The van der Waals surface area contributed by atoms with Crippen molar-refractivity contribution < 1.29 is 24.2 Å². The second kappa shape index (κ2) is 11.3. The van der Waals surface area contributed by atoms with Crippen LogP contribution in [0.15, 0.2) is 43.5 Å². The number of benzene rings is 1. The van der Waals surface area contributed by atoms with E-state index in [0.29, 0.717) is 25.8 Å². The molecule has 200 valence electrons. The van der Waals surface area contributed by atoms with Crippen molar-refractivity contribution in [2.24, 2.45) is 11.8 Å². The molecule has 3 aliphatic heterocycles. The van der Waals surface area contributed by atoms with E-state index < -0.39 is 28.6 Å². The first-order valence-electron chi connectivity index (χ1n) is 12.7. The summed E-state index contributed by atoms with van der Waals surface area (Å²) < 4.78 is 4.79. The number of halogens is 1. The average molecular weight is 592 g/mol. The highest BCUT2D eigenvalue weighted by Gasteiger charge is 2.76. The maximum Gasteiger partial charge on any atom is 0.310 e. The summed E-state index contributed by atoms with van der Waals surface area (Å²) in [6, 6.07) is 5.13. The Kier molecular flexibility index (Phi) is 8.55. The van der Waals surface area contributed by atoms with Crippen LogP contribution in [0.5, 0.6) is 0 Å². The number of aliphatic hydroxyl groups is 1. The topological polar surface area (TPSA) is 87.2 Å². The van der Waals surface area contributed by atoms with E-state index in [1.807, 2.05) is 32.0 Å². The zero-order chi connectivity index (χ0) is 26.9. The number of esters is 1. The molecule has 1 N–H and O–H groups in total. The summed E-state index contributed by atoms with van der Waals surface area (Å²) in [4.78, 5) is 45.1. The molecular formula is C28H35BrN2O5S. The minimum Gasteiger partial charge on any atom is -0.465 e. The van der Waals surface area contributed by atoms with Crippen LogP contribution in [0, 0.1) is 25.7 Å². The zero-order valence-corrected chi connectivity index (χ0v) is 23.8. The summed E-state index contributed by atoms with van der Waals surface area (Å²) in [5, 5.41) is 9.42. The van der Waals surface area contributed by atoms with Gasteiger partial charge in [-0.15, -0.1) is 24.9 Å². The number of aliphatic hydroxyl groups excluding tert-OH is 1. The molecule has 1 aromatic rings. The molecule has 0 aliphatic carbocycles. The van der Waals surface area contributed by atoms with Crippen molar-refractivity contribution in [3.63, 3.8) is 0 Å². The van der Waals surface area contributed by atoms with Gasteiger partial charge in [-0.2, -0.15) is 0 Å². The van der Waals surface area contributed by atoms with Gasteiger partial charge in [0.05, 0.1) is 23.2 Å². The van der Waals surface area contributed by atoms with Crippen molar-refractivity contribution in [2.75, 3.05) is 31.2 Å². The van der Waals surface area contributed by atoms with E-state index in [4.69, 9.17) is 4.74 Å². The highest BCUT2D eigenvalue weighted by Crippen LogP contribution is 2.68. The van der Waals surface area contributed by atoms with Gasteiger partial charge in [0.1, 0.15) is 6.04 Å². The van der Waals surface area contributed by atoms with Gasteiger partial charge in [0.25, 0.3) is 5.91 Å². The van der Waals surface area contributed by atoms with E-state index in [-0.39, 0.29) is 41.6 Å². The van der Waals surface area contributed by atoms with Crippen molar-refractivity contribution in [3.8, 4) is 0 Å². The van der Waals surface area contributed by atoms with Gasteiger partial charge in [0.15, 0.2) is 0 Å². The summed E-state index contributed by atoms with van der Waals surface area (Å²) >= 11 is 5.35. The van der Waals surface area contributed by atoms with E-state index >= 15 is 0 Å². The molecule has 2 bridgehead atoms. The summed E-state index contributed by atoms with van der Waals surface area (Å²) in [7, 11) is 0. The summed E-state index contributed by atoms with van der Waals surface area (Å²) in [5.74, 6) is -2.06. The molecule has 2 amide bonds. The van der Waals surface area contributed by atoms with Crippen LogP contribution >= 0.6 is 27.7 Å². The molecule has 3 saturated heterocycles. The fraction of sp³-hybridized carbons (Fsp3) is 0.536. The summed E-state index contributed by atoms with van der Waals surface area (Å²) in [6.07, 6.45) is 4.86. The number of ether oxygens (including phenoxy) is 1. The van der Waals surface area contributed by atoms with Crippen molar-refractivity contribution in [3.05, 3.63) is 54.6 Å². The number of carbonyl (C=O) groups is 3. The van der Waals surface area contributed by atoms with E-state index in [9.17, 15) is 19.5 Å². The van der Waals surface area contributed by atoms with Gasteiger partial charge in [0, 0.05) is 35.5 Å². The molecule has 0 aromatic heterocycles. The molecule has 0 saturated carbocycles. The zero-order valence-electron chi connectivity index (χ0n) is 21.4. The third-order valence-electron chi connectivity index (χ3n) is 7.71. The molecule has 3 fully saturated rings. The Morgan fingerprint density at radius 2 is 2.00 bits per heavy atom. The van der Waals surface area contributed by atoms with Crippen LogP contribution in [-0.4, -0.2) is 75.0 Å². The van der Waals surface area contributed by atoms with E-state index in [1.54, 1.807) is 33.7 Å². The Balaban J connectivity index is 1.78. The van der Waals surface area contributed by atoms with Crippen LogP contribution in [0.2, 0.25) is 0 Å². The van der Waals surface area contributed by atoms with Crippen molar-refractivity contribution >= 4 is 51.2 Å². The number of amides is 2. The SMILES string of the molecule is C=CCCOC(=O)[C@H]1[C@@H]2SC3(CC2Br)C(C(=O)N(CC=C)c2c(C)cccc2C)N(CCCO)C(=O)[C@H]13. The lowest BCUT2D eigenvalue weighted by Gasteiger charge is -2.38. The lowest BCUT2D eigenvalue weighted by atomic mass is 9.71. The van der Waals surface area contributed by atoms with E-state index in [0.717, 1.165) is 16.8 Å². The molecule has 1 aromatic carbocycles. The normalized spacial score (nSPS) is 29.8. The van der Waals surface area contributed by atoms with Gasteiger partial charge in [-0.25, -0.2) is 0 Å². The molecule has 1 spiro atoms. The van der Waals surface area contributed by atoms with Crippen molar-refractivity contribution in [1.82, 2.24) is 4.90 Å². The lowest BCUT2D eigenvalue weighted by molar-refractivity contribution is -0.154. The first kappa shape index (κ1) is 27.9. The number of alkyl halides is 1. The molecule has 37 heavy (non-hydrogen) atoms. The third kappa shape index (κ3) is 4.68. The Bertz CT molecular complexity index is 1080. The van der Waals surface area contributed by atoms with E-state index in [1.165, 1.54) is 0 Å². The number of thioether (sulfide) groups is 1. The van der Waals surface area contributed by atoms with Gasteiger partial charge in [-0.3, -0.25) is 14.4 Å². The molecule has 3 heterocycles. The highest BCUT2D eigenvalue weighted by atomic mass is 79.9. The van der Waals surface area contributed by atoms with Crippen LogP contribution in [-0.2, 0) is 19.1 Å². The fourth-order valence-electron chi connectivity index (χ4n) is 6.30. The molecule has 7 nitrogen and oxygen atoms in total. The summed E-state index contributed by atoms with van der Waals surface area (Å²) in [6.45, 7) is 12.2. The predicted octanol–water partition coefficient (Wildman–Crippen LogP) is 3.79. The Morgan fingerprint density at radius 3 is 2.62 bits per heavy atom. The molecule has 6 atom stereocenters. The second-order valence-corrected chi connectivity index (χ2v) is 12.7.